The Morgan fingerprint density at radius 1 is 0.871 bits per heavy atom. The third-order valence-corrected chi connectivity index (χ3v) is 4.72. The van der Waals surface area contributed by atoms with Gasteiger partial charge in [0.1, 0.15) is 11.6 Å². The molecule has 4 rings (SSSR count). The second kappa shape index (κ2) is 9.13. The number of anilines is 1. The molecule has 0 spiro atoms. The Balaban J connectivity index is 1.61. The van der Waals surface area contributed by atoms with Crippen LogP contribution >= 0.6 is 0 Å². The van der Waals surface area contributed by atoms with Crippen LogP contribution in [0.25, 0.3) is 16.3 Å². The van der Waals surface area contributed by atoms with Gasteiger partial charge in [-0.25, -0.2) is 8.78 Å². The van der Waals surface area contributed by atoms with Gasteiger partial charge in [0, 0.05) is 34.9 Å². The maximum absolute atomic E-state index is 13.8. The van der Waals surface area contributed by atoms with Crippen LogP contribution in [0.3, 0.4) is 0 Å². The smallest absolute Gasteiger partial charge is 0.248 e. The van der Waals surface area contributed by atoms with E-state index >= 15 is 0 Å². The molecule has 1 aromatic heterocycles. The van der Waals surface area contributed by atoms with E-state index in [9.17, 15) is 13.6 Å². The number of nitrogens with one attached hydrogen (secondary N) is 1. The molecule has 0 atom stereocenters. The topological polar surface area (TPSA) is 42.0 Å². The van der Waals surface area contributed by atoms with Gasteiger partial charge in [-0.1, -0.05) is 48.6 Å². The number of rotatable bonds is 5. The van der Waals surface area contributed by atoms with Crippen molar-refractivity contribution in [1.82, 2.24) is 4.98 Å². The first kappa shape index (κ1) is 20.2. The van der Waals surface area contributed by atoms with Crippen LogP contribution in [0.5, 0.6) is 0 Å². The highest BCUT2D eigenvalue weighted by molar-refractivity contribution is 6.06. The van der Waals surface area contributed by atoms with E-state index in [1.807, 2.05) is 24.3 Å². The number of nitrogens with zero attached hydrogens (tertiary/aromatic N) is 1. The van der Waals surface area contributed by atoms with E-state index in [4.69, 9.17) is 0 Å². The molecule has 3 nitrogen and oxygen atoms in total. The molecule has 5 heteroatoms. The number of carbonyl (C=O) groups excluding carboxylic acids is 1. The van der Waals surface area contributed by atoms with Crippen molar-refractivity contribution >= 4 is 27.9 Å². The number of benzene rings is 3. The maximum atomic E-state index is 13.8. The van der Waals surface area contributed by atoms with Crippen LogP contribution in [0.2, 0.25) is 0 Å². The molecule has 152 valence electrons. The van der Waals surface area contributed by atoms with Crippen molar-refractivity contribution in [3.8, 4) is 0 Å². The Morgan fingerprint density at radius 3 is 2.23 bits per heavy atom. The zero-order valence-corrected chi connectivity index (χ0v) is 16.4. The van der Waals surface area contributed by atoms with Crippen molar-refractivity contribution in [2.75, 3.05) is 5.32 Å². The van der Waals surface area contributed by atoms with Crippen molar-refractivity contribution in [3.63, 3.8) is 0 Å². The van der Waals surface area contributed by atoms with Gasteiger partial charge in [-0.3, -0.25) is 9.78 Å². The Labute approximate surface area is 178 Å². The minimum atomic E-state index is -0.396. The lowest BCUT2D eigenvalue weighted by Crippen LogP contribution is -2.08. The van der Waals surface area contributed by atoms with E-state index in [1.165, 1.54) is 30.3 Å². The van der Waals surface area contributed by atoms with Crippen molar-refractivity contribution < 1.29 is 13.6 Å². The molecule has 0 bridgehead atoms. The number of pyridine rings is 1. The summed E-state index contributed by atoms with van der Waals surface area (Å²) in [7, 11) is 0. The third kappa shape index (κ3) is 4.90. The molecule has 3 aromatic carbocycles. The van der Waals surface area contributed by atoms with Crippen molar-refractivity contribution in [2.24, 2.45) is 0 Å². The molecule has 0 aliphatic carbocycles. The highest BCUT2D eigenvalue weighted by Crippen LogP contribution is 2.25. The average Bonchev–Trinajstić information content (AvgIpc) is 2.77. The second-order valence-electron chi connectivity index (χ2n) is 6.85. The summed E-state index contributed by atoms with van der Waals surface area (Å²) >= 11 is 0. The first-order chi connectivity index (χ1) is 15.1. The number of hydrogen-bond donors (Lipinski definition) is 1. The molecule has 0 aliphatic heterocycles. The van der Waals surface area contributed by atoms with Crippen LogP contribution < -0.4 is 5.32 Å². The fourth-order valence-corrected chi connectivity index (χ4v) is 3.31. The normalized spacial score (nSPS) is 10.9. The van der Waals surface area contributed by atoms with Gasteiger partial charge in [-0.2, -0.15) is 0 Å². The standard InChI is InChI=1S/C26H18F2N2O/c27-21-8-1-5-18(15-21)23(19-6-2-9-22(28)16-19)10-4-12-26(31)30-25-11-3-7-20-17-29-14-13-24(20)25/h1-17H,(H,30,31)/b12-4+. The van der Waals surface area contributed by atoms with E-state index < -0.39 is 11.6 Å². The van der Waals surface area contributed by atoms with Gasteiger partial charge < -0.3 is 5.32 Å². The van der Waals surface area contributed by atoms with Crippen molar-refractivity contribution in [2.45, 2.75) is 0 Å². The number of amides is 1. The number of allylic oxidation sites excluding steroid dienone is 2. The highest BCUT2D eigenvalue weighted by atomic mass is 19.1. The summed E-state index contributed by atoms with van der Waals surface area (Å²) in [6.07, 6.45) is 8.00. The molecular weight excluding hydrogens is 394 g/mol. The SMILES string of the molecule is O=C(/C=C/C=C(c1cccc(F)c1)c1cccc(F)c1)Nc1cccc2cnccc12. The number of halogens is 2. The number of carbonyl (C=O) groups is 1. The summed E-state index contributed by atoms with van der Waals surface area (Å²) in [6, 6.07) is 19.5. The molecule has 4 aromatic rings. The lowest BCUT2D eigenvalue weighted by Gasteiger charge is -2.08. The van der Waals surface area contributed by atoms with E-state index in [0.717, 1.165) is 10.8 Å². The van der Waals surface area contributed by atoms with Crippen LogP contribution in [0.1, 0.15) is 11.1 Å². The predicted molar refractivity (Wildman–Crippen MR) is 119 cm³/mol. The molecule has 0 radical (unpaired) electrons. The summed E-state index contributed by atoms with van der Waals surface area (Å²) in [5.74, 6) is -1.11. The Morgan fingerprint density at radius 2 is 1.55 bits per heavy atom. The first-order valence-corrected chi connectivity index (χ1v) is 9.64. The summed E-state index contributed by atoms with van der Waals surface area (Å²) < 4.78 is 27.5. The minimum Gasteiger partial charge on any atom is -0.322 e. The third-order valence-electron chi connectivity index (χ3n) is 4.72. The maximum Gasteiger partial charge on any atom is 0.248 e. The van der Waals surface area contributed by atoms with Crippen LogP contribution in [0, 0.1) is 11.6 Å². The second-order valence-corrected chi connectivity index (χ2v) is 6.85. The predicted octanol–water partition coefficient (Wildman–Crippen LogP) is 6.14. The van der Waals surface area contributed by atoms with Crippen LogP contribution in [0.4, 0.5) is 14.5 Å². The van der Waals surface area contributed by atoms with E-state index in [-0.39, 0.29) is 5.91 Å². The lowest BCUT2D eigenvalue weighted by molar-refractivity contribution is -0.111. The summed E-state index contributed by atoms with van der Waals surface area (Å²) in [5.41, 5.74) is 2.43. The van der Waals surface area contributed by atoms with E-state index in [2.05, 4.69) is 10.3 Å². The van der Waals surface area contributed by atoms with Gasteiger partial charge >= 0.3 is 0 Å². The average molecular weight is 412 g/mol. The molecule has 0 unspecified atom stereocenters. The van der Waals surface area contributed by atoms with Gasteiger partial charge in [0.25, 0.3) is 0 Å². The number of fused-ring (bicyclic) bond motifs is 1. The summed E-state index contributed by atoms with van der Waals surface area (Å²) in [4.78, 5) is 16.5. The number of hydrogen-bond acceptors (Lipinski definition) is 2. The van der Waals surface area contributed by atoms with Crippen LogP contribution in [-0.2, 0) is 4.79 Å². The van der Waals surface area contributed by atoms with Crippen molar-refractivity contribution in [3.05, 3.63) is 126 Å². The molecule has 0 aliphatic rings. The fourth-order valence-electron chi connectivity index (χ4n) is 3.31. The Bertz CT molecular complexity index is 1260. The molecule has 1 N–H and O–H groups in total. The van der Waals surface area contributed by atoms with Gasteiger partial charge in [0.05, 0.1) is 0 Å². The monoisotopic (exact) mass is 412 g/mol. The van der Waals surface area contributed by atoms with Gasteiger partial charge in [-0.15, -0.1) is 0 Å². The quantitative estimate of drug-likeness (QED) is 0.316. The zero-order chi connectivity index (χ0) is 21.6. The minimum absolute atomic E-state index is 0.321. The van der Waals surface area contributed by atoms with Crippen LogP contribution in [0.15, 0.2) is 103 Å². The zero-order valence-electron chi connectivity index (χ0n) is 16.4. The summed E-state index contributed by atoms with van der Waals surface area (Å²) in [5, 5.41) is 4.66. The highest BCUT2D eigenvalue weighted by Gasteiger charge is 2.07. The molecule has 0 saturated carbocycles. The van der Waals surface area contributed by atoms with Gasteiger partial charge in [0.15, 0.2) is 0 Å². The van der Waals surface area contributed by atoms with Gasteiger partial charge in [-0.05, 0) is 53.1 Å². The summed E-state index contributed by atoms with van der Waals surface area (Å²) in [6.45, 7) is 0. The van der Waals surface area contributed by atoms with E-state index in [0.29, 0.717) is 22.4 Å². The number of aromatic nitrogens is 1. The molecular formula is C26H18F2N2O. The van der Waals surface area contributed by atoms with E-state index in [1.54, 1.807) is 48.8 Å². The Hall–Kier alpha value is -4.12. The Kier molecular flexibility index (Phi) is 5.94. The van der Waals surface area contributed by atoms with Crippen LogP contribution in [-0.4, -0.2) is 10.9 Å². The molecule has 31 heavy (non-hydrogen) atoms. The lowest BCUT2D eigenvalue weighted by atomic mass is 9.97. The molecule has 0 fully saturated rings. The largest absolute Gasteiger partial charge is 0.322 e. The fraction of sp³-hybridized carbons (Fsp3) is 0. The van der Waals surface area contributed by atoms with Crippen molar-refractivity contribution in [1.29, 1.82) is 0 Å². The van der Waals surface area contributed by atoms with Gasteiger partial charge in [0.2, 0.25) is 5.91 Å². The molecule has 0 saturated heterocycles. The first-order valence-electron chi connectivity index (χ1n) is 9.64. The molecule has 1 amide bonds. The molecule has 1 heterocycles.